The van der Waals surface area contributed by atoms with Gasteiger partial charge < -0.3 is 124 Å². The van der Waals surface area contributed by atoms with E-state index >= 15 is 0 Å². The summed E-state index contributed by atoms with van der Waals surface area (Å²) < 4.78 is 159. The molecule has 0 spiro atoms. The number of rotatable bonds is 55. The fourth-order valence-corrected chi connectivity index (χ4v) is 13.3. The average Bonchev–Trinajstić information content (AvgIpc) is 0.751. The molecule has 1 aromatic rings. The van der Waals surface area contributed by atoms with Crippen LogP contribution in [-0.2, 0) is 167 Å². The maximum atomic E-state index is 14.6. The number of unbranched alkanes of at least 4 members (excludes halogenated alkanes) is 4. The molecular weight excluding hydrogens is 1780 g/mol. The zero-order valence-electron chi connectivity index (χ0n) is 74.9. The van der Waals surface area contributed by atoms with Crippen molar-refractivity contribution in [2.24, 2.45) is 0 Å². The molecule has 16 atom stereocenters. The first-order chi connectivity index (χ1) is 62.3. The van der Waals surface area contributed by atoms with Gasteiger partial charge in [-0.15, -0.1) is 0 Å². The summed E-state index contributed by atoms with van der Waals surface area (Å²) in [6, 6.07) is -5.55. The second-order valence-electron chi connectivity index (χ2n) is 30.1. The molecule has 46 nitrogen and oxygen atoms in total. The van der Waals surface area contributed by atoms with E-state index in [-0.39, 0.29) is 78.0 Å². The second-order valence-corrected chi connectivity index (χ2v) is 30.1. The van der Waals surface area contributed by atoms with Crippen LogP contribution in [0.5, 0.6) is 5.75 Å². The number of hydrogen-bond acceptors (Lipinski definition) is 37. The number of benzene rings is 1. The van der Waals surface area contributed by atoms with Gasteiger partial charge in [-0.1, -0.05) is 0 Å². The van der Waals surface area contributed by atoms with Gasteiger partial charge in [0.2, 0.25) is 88.0 Å². The van der Waals surface area contributed by atoms with E-state index < -0.39 is 343 Å². The van der Waals surface area contributed by atoms with E-state index in [0.29, 0.717) is 6.42 Å². The zero-order valence-corrected chi connectivity index (χ0v) is 74.9. The number of nitrogens with one attached hydrogen (secondary N) is 9. The van der Waals surface area contributed by atoms with Crippen molar-refractivity contribution < 1.29 is 194 Å². The van der Waals surface area contributed by atoms with Crippen LogP contribution in [0, 0.1) is 29.1 Å². The summed E-state index contributed by atoms with van der Waals surface area (Å²) >= 11 is 0. The first kappa shape index (κ1) is 113. The molecule has 51 heteroatoms. The van der Waals surface area contributed by atoms with Gasteiger partial charge in [-0.2, -0.15) is 8.78 Å². The van der Waals surface area contributed by atoms with Crippen molar-refractivity contribution in [3.63, 3.8) is 0 Å². The van der Waals surface area contributed by atoms with Crippen LogP contribution in [0.15, 0.2) is 0 Å². The molecule has 3 aliphatic rings. The molecule has 0 bridgehead atoms. The lowest BCUT2D eigenvalue weighted by Gasteiger charge is -2.44. The molecule has 3 saturated heterocycles. The van der Waals surface area contributed by atoms with Gasteiger partial charge in [-0.25, -0.2) is 13.2 Å². The Balaban J connectivity index is 1.56. The predicted octanol–water partition coefficient (Wildman–Crippen LogP) is -1.69. The highest BCUT2D eigenvalue weighted by atomic mass is 19.2. The summed E-state index contributed by atoms with van der Waals surface area (Å²) in [6.45, 7) is 7.16. The summed E-state index contributed by atoms with van der Waals surface area (Å²) in [7, 11) is 0. The number of halogens is 5. The highest BCUT2D eigenvalue weighted by Gasteiger charge is 2.55. The van der Waals surface area contributed by atoms with Gasteiger partial charge in [0.25, 0.3) is 0 Å². The summed E-state index contributed by atoms with van der Waals surface area (Å²) in [4.78, 5) is 256. The minimum atomic E-state index is -2.53. The second kappa shape index (κ2) is 58.2. The number of Topliss-reactive ketones (excluding diaryl/α,β-unsaturated/α-hetero) is 1. The van der Waals surface area contributed by atoms with E-state index in [4.69, 9.17) is 71.1 Å². The quantitative estimate of drug-likeness (QED) is 0.00668. The largest absolute Gasteiger partial charge is 0.463 e. The Kier molecular flexibility index (Phi) is 49.6. The minimum absolute atomic E-state index is 0.0382. The van der Waals surface area contributed by atoms with Crippen molar-refractivity contribution >= 4 is 119 Å². The highest BCUT2D eigenvalue weighted by molar-refractivity contribution is 5.91. The molecule has 132 heavy (non-hydrogen) atoms. The van der Waals surface area contributed by atoms with Crippen LogP contribution in [0.1, 0.15) is 167 Å². The fourth-order valence-electron chi connectivity index (χ4n) is 13.3. The predicted molar refractivity (Wildman–Crippen MR) is 430 cm³/mol. The van der Waals surface area contributed by atoms with E-state index in [0.717, 1.165) is 88.0 Å². The van der Waals surface area contributed by atoms with Crippen molar-refractivity contribution in [3.8, 4) is 5.75 Å². The number of carbonyl (C=O) groups excluding carboxylic acids is 20. The molecule has 9 amide bonds. The lowest BCUT2D eigenvalue weighted by Crippen LogP contribution is -2.66. The average molecular weight is 1900 g/mol. The van der Waals surface area contributed by atoms with Crippen LogP contribution in [0.25, 0.3) is 0 Å². The Morgan fingerprint density at radius 3 is 1.04 bits per heavy atom. The molecule has 4 rings (SSSR count). The number of amides is 9. The van der Waals surface area contributed by atoms with Gasteiger partial charge in [-0.05, 0) is 57.8 Å². The van der Waals surface area contributed by atoms with Gasteiger partial charge in [0.05, 0.1) is 32.2 Å². The van der Waals surface area contributed by atoms with Crippen molar-refractivity contribution in [3.05, 3.63) is 29.1 Å². The number of carbonyl (C=O) groups is 20. The van der Waals surface area contributed by atoms with E-state index in [1.54, 1.807) is 0 Å². The van der Waals surface area contributed by atoms with Crippen LogP contribution >= 0.6 is 0 Å². The van der Waals surface area contributed by atoms with Gasteiger partial charge in [0.15, 0.2) is 55.5 Å². The topological polar surface area (TPSA) is 601 Å². The van der Waals surface area contributed by atoms with E-state index in [1.807, 2.05) is 0 Å². The van der Waals surface area contributed by atoms with Crippen LogP contribution in [-0.4, -0.2) is 314 Å². The van der Waals surface area contributed by atoms with Crippen molar-refractivity contribution in [1.82, 2.24) is 52.8 Å². The fraction of sp³-hybridized carbons (Fsp3) is 0.679. The Hall–Kier alpha value is -11.8. The van der Waals surface area contributed by atoms with Gasteiger partial charge in [-0.3, -0.25) is 101 Å². The van der Waals surface area contributed by atoms with Crippen LogP contribution < -0.4 is 52.6 Å². The normalized spacial score (nSPS) is 21.5. The van der Waals surface area contributed by atoms with Gasteiger partial charge in [0, 0.05) is 155 Å². The number of nitrogens with zero attached hydrogens (tertiary/aromatic N) is 1. The van der Waals surface area contributed by atoms with Crippen molar-refractivity contribution in [2.45, 2.75) is 265 Å². The molecule has 1 aromatic carbocycles. The number of ketones is 1. The molecule has 0 radical (unpaired) electrons. The Morgan fingerprint density at radius 2 is 0.667 bits per heavy atom. The minimum Gasteiger partial charge on any atom is -0.463 e. The Morgan fingerprint density at radius 1 is 0.333 bits per heavy atom. The SMILES string of the molecule is CC(=O)NC1[C@H](OCCCCCNC(=O)CNC(=O)C(CCNC(=O)CCCC(=O)Oc2c(F)c(F)c(F)c(F)c2F)N(CC(=O)CCC(=O)NCCCCO[C@@H]2OC(COC(C)=O)[C@H](OC(C)=O)[C@H](OC(C)=O)C2NC(C)=O)CC(=O)NCC(=O)NCCCCO[C@@H]2OC(COC(C)=O)[C@H](OC(C)=O)[C@H](OC(C)=O)C2NC(C)=O)OC(COC(C)=O)[C@H](OC(C)=O)[C@@H]1OC(C)=O. The van der Waals surface area contributed by atoms with Gasteiger partial charge >= 0.3 is 59.7 Å². The van der Waals surface area contributed by atoms with Crippen LogP contribution in [0.4, 0.5) is 22.0 Å². The Labute approximate surface area is 753 Å². The smallest absolute Gasteiger partial charge is 0.311 e. The Bertz CT molecular complexity index is 4030. The maximum Gasteiger partial charge on any atom is 0.311 e. The summed E-state index contributed by atoms with van der Waals surface area (Å²) in [5.74, 6) is -31.0. The molecular formula is C81H115F5N10O36. The molecule has 7 unspecified atom stereocenters. The monoisotopic (exact) mass is 1900 g/mol. The van der Waals surface area contributed by atoms with Crippen LogP contribution in [0.2, 0.25) is 0 Å². The third kappa shape index (κ3) is 41.3. The molecule has 0 saturated carbocycles. The molecule has 3 heterocycles. The summed E-state index contributed by atoms with van der Waals surface area (Å²) in [5, 5.41) is 22.7. The van der Waals surface area contributed by atoms with Crippen molar-refractivity contribution in [1.29, 1.82) is 0 Å². The molecule has 9 N–H and O–H groups in total. The molecule has 3 aliphatic heterocycles. The number of esters is 10. The first-order valence-corrected chi connectivity index (χ1v) is 41.9. The third-order valence-corrected chi connectivity index (χ3v) is 18.9. The summed E-state index contributed by atoms with van der Waals surface area (Å²) in [5.41, 5.74) is 0. The molecule has 0 aromatic heterocycles. The first-order valence-electron chi connectivity index (χ1n) is 41.9. The molecule has 0 aliphatic carbocycles. The summed E-state index contributed by atoms with van der Waals surface area (Å²) in [6.07, 6.45) is -18.5. The van der Waals surface area contributed by atoms with Gasteiger partial charge in [0.1, 0.15) is 62.0 Å². The third-order valence-electron chi connectivity index (χ3n) is 18.9. The van der Waals surface area contributed by atoms with Crippen LogP contribution in [0.3, 0.4) is 0 Å². The van der Waals surface area contributed by atoms with E-state index in [1.165, 1.54) is 0 Å². The zero-order chi connectivity index (χ0) is 98.6. The molecule has 3 fully saturated rings. The number of ether oxygens (including phenoxy) is 16. The van der Waals surface area contributed by atoms with E-state index in [2.05, 4.69) is 52.6 Å². The highest BCUT2D eigenvalue weighted by Crippen LogP contribution is 2.34. The van der Waals surface area contributed by atoms with E-state index in [9.17, 15) is 118 Å². The standard InChI is InChI=1S/C81H115F5N10O36/c1-40(97)93-68-75(126-49(10)106)71(123-46(7)103)54(37-120-43(4)100)129-79(68)117-30-17-13-14-26-88-60(113)34-92-78(116)53(25-29-90-57(110)21-20-22-62(115)132-74-66(85)64(83)63(82)65(84)67(74)86)96(35-52(109)23-24-58(111)87-27-15-18-31-118-80-69(94-41(2)98)76(127-50(11)107)72(124-47(8)104)55(130-80)38-121-44(5)101)36-61(114)91-33-59(112)89-28-16-19-32-119-81-70(95-42(3)99)77(128-51(12)108)73(125-48(9)105)56(131-81)39-122-45(6)102/h53-56,68-73,75-77,79-81H,13-39H2,1-12H3,(H,87,111)(H,88,113)(H,89,112)(H,90,110)(H,91,114)(H,92,116)(H,93,97)(H,94,98)(H,95,99)/t53?,54?,55?,56?,68?,69?,70?,71-,72-,73-,75+,76+,77+,79+,80+,81+/m0/s1. The lowest BCUT2D eigenvalue weighted by atomic mass is 9.96. The lowest BCUT2D eigenvalue weighted by molar-refractivity contribution is -0.277. The maximum absolute atomic E-state index is 14.6. The number of hydrogen-bond donors (Lipinski definition) is 9. The van der Waals surface area contributed by atoms with Crippen molar-refractivity contribution in [2.75, 3.05) is 92.0 Å². The molecule has 740 valence electrons.